The third-order valence-electron chi connectivity index (χ3n) is 2.16. The monoisotopic (exact) mass is 193 g/mol. The van der Waals surface area contributed by atoms with E-state index in [4.69, 9.17) is 0 Å². The Morgan fingerprint density at radius 1 is 1.46 bits per heavy atom. The fraction of sp³-hybridized carbons (Fsp3) is 0.300. The van der Waals surface area contributed by atoms with Crippen LogP contribution in [0.15, 0.2) is 29.3 Å². The molecule has 0 bridgehead atoms. The van der Waals surface area contributed by atoms with E-state index in [9.17, 15) is 9.90 Å². The van der Waals surface area contributed by atoms with Crippen LogP contribution >= 0.6 is 11.3 Å². The van der Waals surface area contributed by atoms with Crippen molar-refractivity contribution in [1.82, 2.24) is 0 Å². The molecule has 1 aromatic rings. The lowest BCUT2D eigenvalue weighted by molar-refractivity contribution is -0.308. The molecule has 3 heteroatoms. The molecule has 0 N–H and O–H groups in total. The predicted octanol–water partition coefficient (Wildman–Crippen LogP) is 1.44. The Labute approximate surface area is 80.5 Å². The second-order valence-electron chi connectivity index (χ2n) is 3.20. The highest BCUT2D eigenvalue weighted by molar-refractivity contribution is 7.10. The first kappa shape index (κ1) is 8.51. The van der Waals surface area contributed by atoms with E-state index in [2.05, 4.69) is 0 Å². The molecule has 2 rings (SSSR count). The molecule has 0 saturated carbocycles. The van der Waals surface area contributed by atoms with Crippen LogP contribution in [0.4, 0.5) is 0 Å². The van der Waals surface area contributed by atoms with Gasteiger partial charge < -0.3 is 5.11 Å². The highest BCUT2D eigenvalue weighted by Crippen LogP contribution is 2.32. The Bertz CT molecular complexity index is 338. The van der Waals surface area contributed by atoms with Gasteiger partial charge in [-0.3, -0.25) is 4.79 Å². The lowest BCUT2D eigenvalue weighted by atomic mass is 9.91. The van der Waals surface area contributed by atoms with Crippen LogP contribution in [0.3, 0.4) is 0 Å². The molecule has 0 saturated heterocycles. The first-order valence-corrected chi connectivity index (χ1v) is 5.07. The molecule has 1 unspecified atom stereocenters. The van der Waals surface area contributed by atoms with Crippen LogP contribution in [0.1, 0.15) is 23.6 Å². The average Bonchev–Trinajstić information content (AvgIpc) is 2.53. The maximum Gasteiger partial charge on any atom is 0.155 e. The predicted molar refractivity (Wildman–Crippen MR) is 49.4 cm³/mol. The molecular formula is C10H9O2S-. The molecule has 1 aliphatic rings. The quantitative estimate of drug-likeness (QED) is 0.677. The van der Waals surface area contributed by atoms with E-state index in [0.717, 1.165) is 4.88 Å². The number of carbonyl (C=O) groups excluding carboxylic acids is 1. The van der Waals surface area contributed by atoms with Crippen molar-refractivity contribution >= 4 is 17.1 Å². The van der Waals surface area contributed by atoms with Gasteiger partial charge in [0.1, 0.15) is 0 Å². The van der Waals surface area contributed by atoms with Gasteiger partial charge in [-0.15, -0.1) is 17.1 Å². The fourth-order valence-corrected chi connectivity index (χ4v) is 2.41. The van der Waals surface area contributed by atoms with Gasteiger partial charge in [0.05, 0.1) is 0 Å². The van der Waals surface area contributed by atoms with Gasteiger partial charge in [-0.2, -0.15) is 0 Å². The SMILES string of the molecule is O=C1C=C([O-])CC(c2cccs2)C1. The molecular weight excluding hydrogens is 184 g/mol. The molecule has 0 aromatic carbocycles. The molecule has 0 spiro atoms. The minimum absolute atomic E-state index is 0.0327. The molecule has 68 valence electrons. The maximum absolute atomic E-state index is 11.1. The third-order valence-corrected chi connectivity index (χ3v) is 3.20. The van der Waals surface area contributed by atoms with E-state index in [-0.39, 0.29) is 17.5 Å². The van der Waals surface area contributed by atoms with Crippen LogP contribution < -0.4 is 5.11 Å². The summed E-state index contributed by atoms with van der Waals surface area (Å²) >= 11 is 1.62. The normalized spacial score (nSPS) is 22.9. The van der Waals surface area contributed by atoms with Crippen molar-refractivity contribution in [3.8, 4) is 0 Å². The topological polar surface area (TPSA) is 40.1 Å². The first-order valence-electron chi connectivity index (χ1n) is 4.19. The number of hydrogen-bond acceptors (Lipinski definition) is 3. The minimum Gasteiger partial charge on any atom is -0.875 e. The van der Waals surface area contributed by atoms with Gasteiger partial charge in [0.15, 0.2) is 5.78 Å². The molecule has 0 fully saturated rings. The summed E-state index contributed by atoms with van der Waals surface area (Å²) < 4.78 is 0. The zero-order chi connectivity index (χ0) is 9.26. The summed E-state index contributed by atoms with van der Waals surface area (Å²) in [5.41, 5.74) is 0. The minimum atomic E-state index is -0.0327. The van der Waals surface area contributed by atoms with Gasteiger partial charge in [-0.1, -0.05) is 6.07 Å². The number of allylic oxidation sites excluding steroid dienone is 2. The second kappa shape index (κ2) is 3.34. The summed E-state index contributed by atoms with van der Waals surface area (Å²) in [5, 5.41) is 13.1. The van der Waals surface area contributed by atoms with Gasteiger partial charge in [-0.25, -0.2) is 0 Å². The van der Waals surface area contributed by atoms with Crippen LogP contribution in [-0.2, 0) is 4.79 Å². The highest BCUT2D eigenvalue weighted by atomic mass is 32.1. The van der Waals surface area contributed by atoms with E-state index in [1.807, 2.05) is 17.5 Å². The Morgan fingerprint density at radius 3 is 2.92 bits per heavy atom. The zero-order valence-corrected chi connectivity index (χ0v) is 7.84. The van der Waals surface area contributed by atoms with Gasteiger partial charge in [-0.05, 0) is 23.9 Å². The molecule has 1 heterocycles. The molecule has 2 nitrogen and oxygen atoms in total. The van der Waals surface area contributed by atoms with Gasteiger partial charge in [0.2, 0.25) is 0 Å². The average molecular weight is 193 g/mol. The van der Waals surface area contributed by atoms with Crippen LogP contribution in [-0.4, -0.2) is 5.78 Å². The fourth-order valence-electron chi connectivity index (χ4n) is 1.58. The van der Waals surface area contributed by atoms with E-state index < -0.39 is 0 Å². The smallest absolute Gasteiger partial charge is 0.155 e. The zero-order valence-electron chi connectivity index (χ0n) is 7.03. The molecule has 1 atom stereocenters. The molecule has 0 amide bonds. The van der Waals surface area contributed by atoms with Gasteiger partial charge in [0.25, 0.3) is 0 Å². The summed E-state index contributed by atoms with van der Waals surface area (Å²) in [7, 11) is 0. The molecule has 1 aromatic heterocycles. The third kappa shape index (κ3) is 1.80. The van der Waals surface area contributed by atoms with Gasteiger partial charge in [0, 0.05) is 17.2 Å². The molecule has 1 aliphatic carbocycles. The standard InChI is InChI=1S/C10H10O2S/c11-8-4-7(5-9(12)6-8)10-2-1-3-13-10/h1-3,6-7,11H,4-5H2/p-1. The summed E-state index contributed by atoms with van der Waals surface area (Å²) in [6.45, 7) is 0. The number of thiophene rings is 1. The lowest BCUT2D eigenvalue weighted by Crippen LogP contribution is -2.18. The van der Waals surface area contributed by atoms with Crippen molar-refractivity contribution in [2.45, 2.75) is 18.8 Å². The van der Waals surface area contributed by atoms with Crippen LogP contribution in [0.5, 0.6) is 0 Å². The van der Waals surface area contributed by atoms with Crippen molar-refractivity contribution in [1.29, 1.82) is 0 Å². The lowest BCUT2D eigenvalue weighted by Gasteiger charge is -2.23. The molecule has 0 radical (unpaired) electrons. The van der Waals surface area contributed by atoms with Crippen LogP contribution in [0, 0.1) is 0 Å². The van der Waals surface area contributed by atoms with E-state index >= 15 is 0 Å². The van der Waals surface area contributed by atoms with E-state index in [1.165, 1.54) is 6.08 Å². The van der Waals surface area contributed by atoms with E-state index in [0.29, 0.717) is 12.8 Å². The number of hydrogen-bond donors (Lipinski definition) is 0. The number of rotatable bonds is 1. The molecule has 13 heavy (non-hydrogen) atoms. The highest BCUT2D eigenvalue weighted by Gasteiger charge is 2.18. The summed E-state index contributed by atoms with van der Waals surface area (Å²) in [5.74, 6) is 0.0642. The van der Waals surface area contributed by atoms with Crippen LogP contribution in [0.2, 0.25) is 0 Å². The Hall–Kier alpha value is -1.09. The Kier molecular flexibility index (Phi) is 2.19. The van der Waals surface area contributed by atoms with Crippen molar-refractivity contribution in [3.05, 3.63) is 34.2 Å². The van der Waals surface area contributed by atoms with Crippen molar-refractivity contribution in [2.75, 3.05) is 0 Å². The van der Waals surface area contributed by atoms with Crippen LogP contribution in [0.25, 0.3) is 0 Å². The van der Waals surface area contributed by atoms with Crippen molar-refractivity contribution in [2.24, 2.45) is 0 Å². The largest absolute Gasteiger partial charge is 0.875 e. The Balaban J connectivity index is 2.20. The second-order valence-corrected chi connectivity index (χ2v) is 4.18. The van der Waals surface area contributed by atoms with Crippen molar-refractivity contribution in [3.63, 3.8) is 0 Å². The first-order chi connectivity index (χ1) is 6.25. The summed E-state index contributed by atoms with van der Waals surface area (Å²) in [6.07, 6.45) is 2.21. The maximum atomic E-state index is 11.1. The number of ketones is 1. The number of carbonyl (C=O) groups is 1. The van der Waals surface area contributed by atoms with E-state index in [1.54, 1.807) is 11.3 Å². The Morgan fingerprint density at radius 2 is 2.31 bits per heavy atom. The molecule has 0 aliphatic heterocycles. The van der Waals surface area contributed by atoms with Crippen molar-refractivity contribution < 1.29 is 9.90 Å². The summed E-state index contributed by atoms with van der Waals surface area (Å²) in [4.78, 5) is 12.3. The summed E-state index contributed by atoms with van der Waals surface area (Å²) in [6, 6.07) is 3.94. The van der Waals surface area contributed by atoms with Gasteiger partial charge >= 0.3 is 0 Å².